The van der Waals surface area contributed by atoms with Crippen LogP contribution in [-0.4, -0.2) is 51.4 Å². The molecule has 0 saturated carbocycles. The number of hydrogen-bond acceptors (Lipinski definition) is 9. The molecule has 3 aromatic rings. The molecule has 1 aliphatic rings. The lowest BCUT2D eigenvalue weighted by Crippen LogP contribution is -2.26. The summed E-state index contributed by atoms with van der Waals surface area (Å²) in [6.45, 7) is 0.845. The summed E-state index contributed by atoms with van der Waals surface area (Å²) in [4.78, 5) is 12.9. The second-order valence-electron chi connectivity index (χ2n) is 7.42. The van der Waals surface area contributed by atoms with Crippen molar-refractivity contribution in [2.75, 3.05) is 30.3 Å². The Balaban J connectivity index is 1.47. The van der Waals surface area contributed by atoms with Crippen LogP contribution in [0.3, 0.4) is 0 Å². The highest BCUT2D eigenvalue weighted by Crippen LogP contribution is 2.20. The summed E-state index contributed by atoms with van der Waals surface area (Å²) < 4.78 is 54.5. The van der Waals surface area contributed by atoms with Gasteiger partial charge in [-0.2, -0.15) is 4.98 Å². The number of hydrogen-bond donors (Lipinski definition) is 4. The lowest BCUT2D eigenvalue weighted by molar-refractivity contribution is 0.579. The van der Waals surface area contributed by atoms with E-state index in [2.05, 4.69) is 46.9 Å². The zero-order valence-corrected chi connectivity index (χ0v) is 20.2. The van der Waals surface area contributed by atoms with Gasteiger partial charge in [-0.05, 0) is 36.8 Å². The van der Waals surface area contributed by atoms with Crippen molar-refractivity contribution < 1.29 is 16.8 Å². The molecule has 0 atom stereocenters. The van der Waals surface area contributed by atoms with Crippen molar-refractivity contribution in [3.05, 3.63) is 60.6 Å². The molecule has 182 valence electrons. The van der Waals surface area contributed by atoms with E-state index in [9.17, 15) is 16.8 Å². The minimum Gasteiger partial charge on any atom is -0.369 e. The van der Waals surface area contributed by atoms with Crippen LogP contribution in [0.15, 0.2) is 64.8 Å². The molecule has 0 unspecified atom stereocenters. The lowest BCUT2D eigenvalue weighted by Gasteiger charge is -2.10. The molecule has 0 saturated heterocycles. The summed E-state index contributed by atoms with van der Waals surface area (Å²) in [5, 5.41) is 6.18. The zero-order valence-electron chi connectivity index (χ0n) is 18.5. The van der Waals surface area contributed by atoms with Gasteiger partial charge in [-0.1, -0.05) is 17.9 Å². The molecule has 4 bridgehead atoms. The fourth-order valence-corrected chi connectivity index (χ4v) is 5.27. The van der Waals surface area contributed by atoms with E-state index in [1.165, 1.54) is 36.7 Å². The van der Waals surface area contributed by atoms with Gasteiger partial charge in [0.2, 0.25) is 26.0 Å². The molecule has 3 heterocycles. The smallest absolute Gasteiger partial charge is 0.240 e. The van der Waals surface area contributed by atoms with Gasteiger partial charge in [-0.15, -0.1) is 0 Å². The van der Waals surface area contributed by atoms with E-state index in [1.54, 1.807) is 18.3 Å². The summed E-state index contributed by atoms with van der Waals surface area (Å²) in [6, 6.07) is 9.22. The van der Waals surface area contributed by atoms with E-state index in [0.29, 0.717) is 30.0 Å². The third-order valence-electron chi connectivity index (χ3n) is 4.85. The number of pyridine rings is 1. The molecule has 13 heteroatoms. The maximum absolute atomic E-state index is 12.5. The topological polar surface area (TPSA) is 155 Å². The average molecular weight is 514 g/mol. The second kappa shape index (κ2) is 10.8. The number of fused-ring (bicyclic) bond motifs is 4. The quantitative estimate of drug-likeness (QED) is 0.299. The summed E-state index contributed by atoms with van der Waals surface area (Å²) in [7, 11) is -7.24. The summed E-state index contributed by atoms with van der Waals surface area (Å²) in [6.07, 6.45) is 5.19. The predicted octanol–water partition coefficient (Wildman–Crippen LogP) is 1.43. The van der Waals surface area contributed by atoms with Gasteiger partial charge in [0.1, 0.15) is 5.82 Å². The van der Waals surface area contributed by atoms with Crippen LogP contribution in [0.4, 0.5) is 17.5 Å². The summed E-state index contributed by atoms with van der Waals surface area (Å²) in [5.74, 6) is 6.68. The minimum atomic E-state index is -3.62. The molecule has 35 heavy (non-hydrogen) atoms. The largest absolute Gasteiger partial charge is 0.369 e. The molecule has 11 nitrogen and oxygen atoms in total. The van der Waals surface area contributed by atoms with Gasteiger partial charge < -0.3 is 10.6 Å². The molecule has 1 aliphatic heterocycles. The van der Waals surface area contributed by atoms with Crippen molar-refractivity contribution in [1.82, 2.24) is 24.4 Å². The second-order valence-corrected chi connectivity index (χ2v) is 11.0. The first-order chi connectivity index (χ1) is 16.8. The Bertz CT molecular complexity index is 1470. The molecule has 0 fully saturated rings. The van der Waals surface area contributed by atoms with E-state index in [-0.39, 0.29) is 35.2 Å². The number of benzene rings is 1. The Morgan fingerprint density at radius 2 is 1.94 bits per heavy atom. The summed E-state index contributed by atoms with van der Waals surface area (Å²) in [5.41, 5.74) is 1.06. The Labute approximate surface area is 203 Å². The number of aromatic nitrogens is 3. The molecular weight excluding hydrogens is 490 g/mol. The van der Waals surface area contributed by atoms with Crippen LogP contribution < -0.4 is 20.1 Å². The third-order valence-corrected chi connectivity index (χ3v) is 7.79. The standard InChI is InChI=1S/C22H23N7O4S2/c30-34(31,19-8-13-23-14-9-19)26-11-2-1-5-17-16-25-22-28-18-6-3-7-20(15-18)35(32,33)27-12-4-10-24-21(17)29-22/h3,6-9,13-16,26-27H,2,4,10-12H2,(H2,24,25,28,29). The maximum atomic E-state index is 12.5. The van der Waals surface area contributed by atoms with Crippen LogP contribution in [0.1, 0.15) is 18.4 Å². The average Bonchev–Trinajstić information content (AvgIpc) is 2.85. The Morgan fingerprint density at radius 3 is 2.77 bits per heavy atom. The molecule has 4 rings (SSSR count). The Kier molecular flexibility index (Phi) is 7.57. The van der Waals surface area contributed by atoms with Gasteiger partial charge in [0.25, 0.3) is 0 Å². The van der Waals surface area contributed by atoms with E-state index in [1.807, 2.05) is 0 Å². The monoisotopic (exact) mass is 513 g/mol. The highest BCUT2D eigenvalue weighted by molar-refractivity contribution is 7.89. The first kappa shape index (κ1) is 24.6. The fourth-order valence-electron chi connectivity index (χ4n) is 3.13. The molecular formula is C22H23N7O4S2. The van der Waals surface area contributed by atoms with Crippen molar-refractivity contribution in [1.29, 1.82) is 0 Å². The molecule has 0 aliphatic carbocycles. The SMILES string of the molecule is O=S(=O)(NCCC#Cc1cnc2nc1NCCCNS(=O)(=O)c1cccc(c1)N2)c1ccncc1. The molecule has 2 aromatic heterocycles. The van der Waals surface area contributed by atoms with Gasteiger partial charge >= 0.3 is 0 Å². The van der Waals surface area contributed by atoms with Gasteiger partial charge in [0.15, 0.2) is 0 Å². The first-order valence-electron chi connectivity index (χ1n) is 10.7. The molecule has 0 amide bonds. The van der Waals surface area contributed by atoms with E-state index >= 15 is 0 Å². The van der Waals surface area contributed by atoms with Crippen molar-refractivity contribution in [3.63, 3.8) is 0 Å². The number of anilines is 3. The van der Waals surface area contributed by atoms with Crippen LogP contribution in [0.2, 0.25) is 0 Å². The molecule has 1 aromatic carbocycles. The van der Waals surface area contributed by atoms with E-state index in [0.717, 1.165) is 0 Å². The van der Waals surface area contributed by atoms with E-state index in [4.69, 9.17) is 0 Å². The van der Waals surface area contributed by atoms with Crippen molar-refractivity contribution in [2.45, 2.75) is 22.6 Å². The summed E-state index contributed by atoms with van der Waals surface area (Å²) >= 11 is 0. The van der Waals surface area contributed by atoms with Crippen molar-refractivity contribution in [2.24, 2.45) is 0 Å². The van der Waals surface area contributed by atoms with E-state index < -0.39 is 20.0 Å². The van der Waals surface area contributed by atoms with Crippen LogP contribution in [0.25, 0.3) is 0 Å². The minimum absolute atomic E-state index is 0.136. The molecule has 0 spiro atoms. The van der Waals surface area contributed by atoms with Gasteiger partial charge in [-0.3, -0.25) is 4.98 Å². The lowest BCUT2D eigenvalue weighted by atomic mass is 10.2. The Morgan fingerprint density at radius 1 is 1.11 bits per heavy atom. The first-order valence-corrected chi connectivity index (χ1v) is 13.7. The zero-order chi connectivity index (χ0) is 24.7. The van der Waals surface area contributed by atoms with Gasteiger partial charge in [-0.25, -0.2) is 31.3 Å². The Hall–Kier alpha value is -3.57. The van der Waals surface area contributed by atoms with Crippen LogP contribution >= 0.6 is 0 Å². The van der Waals surface area contributed by atoms with Crippen LogP contribution in [-0.2, 0) is 20.0 Å². The van der Waals surface area contributed by atoms with Gasteiger partial charge in [0.05, 0.1) is 21.6 Å². The maximum Gasteiger partial charge on any atom is 0.240 e. The highest BCUT2D eigenvalue weighted by atomic mass is 32.2. The van der Waals surface area contributed by atoms with Crippen molar-refractivity contribution >= 4 is 37.5 Å². The number of nitrogens with zero attached hydrogens (tertiary/aromatic N) is 3. The molecule has 0 radical (unpaired) electrons. The highest BCUT2D eigenvalue weighted by Gasteiger charge is 2.15. The normalized spacial score (nSPS) is 15.1. The number of rotatable bonds is 4. The number of sulfonamides is 2. The van der Waals surface area contributed by atoms with Crippen molar-refractivity contribution in [3.8, 4) is 11.8 Å². The van der Waals surface area contributed by atoms with Crippen LogP contribution in [0, 0.1) is 11.8 Å². The van der Waals surface area contributed by atoms with Crippen LogP contribution in [0.5, 0.6) is 0 Å². The predicted molar refractivity (Wildman–Crippen MR) is 131 cm³/mol. The third kappa shape index (κ3) is 6.52. The number of nitrogens with one attached hydrogen (secondary N) is 4. The fraction of sp³-hybridized carbons (Fsp3) is 0.227. The van der Waals surface area contributed by atoms with Gasteiger partial charge in [0, 0.05) is 44.1 Å². The molecule has 4 N–H and O–H groups in total.